The highest BCUT2D eigenvalue weighted by Gasteiger charge is 2.49. The molecule has 2 rings (SSSR count). The number of nitrogens with zero attached hydrogens (tertiary/aromatic N) is 1. The molecule has 6 heteroatoms. The van der Waals surface area contributed by atoms with Gasteiger partial charge in [-0.25, -0.2) is 13.2 Å². The summed E-state index contributed by atoms with van der Waals surface area (Å²) in [6, 6.07) is -0.262. The van der Waals surface area contributed by atoms with Gasteiger partial charge in [-0.1, -0.05) is 0 Å². The zero-order chi connectivity index (χ0) is 8.93. The van der Waals surface area contributed by atoms with E-state index in [1.165, 1.54) is 4.90 Å². The molecule has 0 aromatic heterocycles. The third kappa shape index (κ3) is 0.979. The molecule has 0 unspecified atom stereocenters. The van der Waals surface area contributed by atoms with Crippen LogP contribution in [-0.2, 0) is 14.6 Å². The summed E-state index contributed by atoms with van der Waals surface area (Å²) in [5.74, 6) is 0.0215. The second-order valence-electron chi connectivity index (χ2n) is 3.18. The molecule has 2 atom stereocenters. The predicted molar refractivity (Wildman–Crippen MR) is 40.5 cm³/mol. The summed E-state index contributed by atoms with van der Waals surface area (Å²) in [5.41, 5.74) is 0. The third-order valence-corrected chi connectivity index (χ3v) is 4.00. The maximum Gasteiger partial charge on any atom is 0.410 e. The van der Waals surface area contributed by atoms with Gasteiger partial charge in [0.05, 0.1) is 17.5 Å². The van der Waals surface area contributed by atoms with E-state index in [1.54, 1.807) is 7.05 Å². The highest BCUT2D eigenvalue weighted by molar-refractivity contribution is 7.91. The van der Waals surface area contributed by atoms with E-state index >= 15 is 0 Å². The Morgan fingerprint density at radius 3 is 2.75 bits per heavy atom. The van der Waals surface area contributed by atoms with Gasteiger partial charge in [-0.05, 0) is 0 Å². The molecule has 0 aromatic carbocycles. The van der Waals surface area contributed by atoms with Crippen LogP contribution in [0.25, 0.3) is 0 Å². The first-order valence-electron chi connectivity index (χ1n) is 3.63. The first-order valence-corrected chi connectivity index (χ1v) is 5.45. The van der Waals surface area contributed by atoms with Crippen molar-refractivity contribution in [1.82, 2.24) is 4.90 Å². The molecule has 2 fully saturated rings. The van der Waals surface area contributed by atoms with E-state index in [0.29, 0.717) is 0 Å². The number of amides is 1. The summed E-state index contributed by atoms with van der Waals surface area (Å²) >= 11 is 0. The van der Waals surface area contributed by atoms with Crippen LogP contribution in [0.5, 0.6) is 0 Å². The molecular weight excluding hydrogens is 182 g/mol. The van der Waals surface area contributed by atoms with Gasteiger partial charge in [0, 0.05) is 7.05 Å². The monoisotopic (exact) mass is 191 g/mol. The van der Waals surface area contributed by atoms with Crippen molar-refractivity contribution < 1.29 is 17.9 Å². The molecule has 68 valence electrons. The van der Waals surface area contributed by atoms with Crippen LogP contribution < -0.4 is 0 Å². The summed E-state index contributed by atoms with van der Waals surface area (Å²) < 4.78 is 27.0. The number of fused-ring (bicyclic) bond motifs is 1. The van der Waals surface area contributed by atoms with Crippen LogP contribution in [0, 0.1) is 0 Å². The minimum atomic E-state index is -2.98. The normalized spacial score (nSPS) is 38.1. The lowest BCUT2D eigenvalue weighted by atomic mass is 10.2. The Labute approximate surface area is 70.2 Å². The van der Waals surface area contributed by atoms with Crippen molar-refractivity contribution in [3.63, 3.8) is 0 Å². The number of ether oxygens (including phenoxy) is 1. The molecule has 0 radical (unpaired) electrons. The average molecular weight is 191 g/mol. The number of rotatable bonds is 0. The Balaban J connectivity index is 2.27. The van der Waals surface area contributed by atoms with Gasteiger partial charge in [0.1, 0.15) is 6.10 Å². The Kier molecular flexibility index (Phi) is 1.39. The van der Waals surface area contributed by atoms with Crippen LogP contribution in [0.2, 0.25) is 0 Å². The molecule has 0 saturated carbocycles. The molecule has 0 bridgehead atoms. The zero-order valence-electron chi connectivity index (χ0n) is 6.56. The molecular formula is C6H9NO4S. The number of carbonyl (C=O) groups is 1. The molecule has 2 aliphatic rings. The second-order valence-corrected chi connectivity index (χ2v) is 5.33. The molecule has 1 amide bonds. The van der Waals surface area contributed by atoms with Crippen molar-refractivity contribution in [2.45, 2.75) is 12.1 Å². The van der Waals surface area contributed by atoms with E-state index in [4.69, 9.17) is 4.74 Å². The minimum absolute atomic E-state index is 0.0201. The number of carbonyl (C=O) groups excluding carboxylic acids is 1. The summed E-state index contributed by atoms with van der Waals surface area (Å²) in [6.45, 7) is 0. The van der Waals surface area contributed by atoms with E-state index in [1.807, 2.05) is 0 Å². The topological polar surface area (TPSA) is 63.7 Å². The first kappa shape index (κ1) is 7.85. The van der Waals surface area contributed by atoms with E-state index in [2.05, 4.69) is 0 Å². The Morgan fingerprint density at radius 2 is 2.17 bits per heavy atom. The van der Waals surface area contributed by atoms with Gasteiger partial charge in [-0.3, -0.25) is 0 Å². The molecule has 5 nitrogen and oxygen atoms in total. The molecule has 12 heavy (non-hydrogen) atoms. The fourth-order valence-corrected chi connectivity index (χ4v) is 3.50. The van der Waals surface area contributed by atoms with Crippen LogP contribution in [0.4, 0.5) is 4.79 Å². The van der Waals surface area contributed by atoms with Crippen molar-refractivity contribution in [3.05, 3.63) is 0 Å². The van der Waals surface area contributed by atoms with Gasteiger partial charge < -0.3 is 9.64 Å². The van der Waals surface area contributed by atoms with Gasteiger partial charge in [-0.15, -0.1) is 0 Å². The first-order chi connectivity index (χ1) is 5.49. The Hall–Kier alpha value is -0.780. The van der Waals surface area contributed by atoms with Crippen molar-refractivity contribution >= 4 is 15.9 Å². The van der Waals surface area contributed by atoms with Crippen molar-refractivity contribution in [3.8, 4) is 0 Å². The Bertz CT molecular complexity index is 322. The molecule has 0 aliphatic carbocycles. The summed E-state index contributed by atoms with van der Waals surface area (Å²) in [4.78, 5) is 12.3. The van der Waals surface area contributed by atoms with Crippen LogP contribution in [0.15, 0.2) is 0 Å². The van der Waals surface area contributed by atoms with Crippen molar-refractivity contribution in [2.75, 3.05) is 18.6 Å². The van der Waals surface area contributed by atoms with Crippen LogP contribution in [0.3, 0.4) is 0 Å². The standard InChI is InChI=1S/C6H9NO4S/c1-7-4-2-12(9,10)3-5(4)11-6(7)8/h4-5H,2-3H2,1H3/t4-,5-/m0/s1. The molecule has 0 spiro atoms. The SMILES string of the molecule is CN1C(=O)O[C@H]2CS(=O)(=O)C[C@@H]21. The summed E-state index contributed by atoms with van der Waals surface area (Å²) in [7, 11) is -1.42. The van der Waals surface area contributed by atoms with E-state index < -0.39 is 22.0 Å². The Morgan fingerprint density at radius 1 is 1.50 bits per heavy atom. The highest BCUT2D eigenvalue weighted by Crippen LogP contribution is 2.26. The zero-order valence-corrected chi connectivity index (χ0v) is 7.37. The quantitative estimate of drug-likeness (QED) is 0.504. The number of hydrogen-bond donors (Lipinski definition) is 0. The molecule has 2 saturated heterocycles. The lowest BCUT2D eigenvalue weighted by Gasteiger charge is -2.11. The number of hydrogen-bond acceptors (Lipinski definition) is 4. The molecule has 0 N–H and O–H groups in total. The van der Waals surface area contributed by atoms with Gasteiger partial charge in [0.25, 0.3) is 0 Å². The number of likely N-dealkylation sites (N-methyl/N-ethyl adjacent to an activating group) is 1. The van der Waals surface area contributed by atoms with Gasteiger partial charge >= 0.3 is 6.09 Å². The van der Waals surface area contributed by atoms with Crippen molar-refractivity contribution in [2.24, 2.45) is 0 Å². The van der Waals surface area contributed by atoms with Crippen LogP contribution in [-0.4, -0.2) is 50.1 Å². The van der Waals surface area contributed by atoms with E-state index in [0.717, 1.165) is 0 Å². The summed E-state index contributed by atoms with van der Waals surface area (Å²) in [5, 5.41) is 0. The van der Waals surface area contributed by atoms with Crippen molar-refractivity contribution in [1.29, 1.82) is 0 Å². The average Bonchev–Trinajstić information content (AvgIpc) is 2.33. The van der Waals surface area contributed by atoms with Crippen LogP contribution in [0.1, 0.15) is 0 Å². The maximum atomic E-state index is 11.1. The van der Waals surface area contributed by atoms with Gasteiger partial charge in [0.15, 0.2) is 9.84 Å². The second kappa shape index (κ2) is 2.12. The fourth-order valence-electron chi connectivity index (χ4n) is 1.62. The maximum absolute atomic E-state index is 11.1. The van der Waals surface area contributed by atoms with Crippen LogP contribution >= 0.6 is 0 Å². The number of sulfone groups is 1. The largest absolute Gasteiger partial charge is 0.443 e. The molecule has 0 aromatic rings. The fraction of sp³-hybridized carbons (Fsp3) is 0.833. The predicted octanol–water partition coefficient (Wildman–Crippen LogP) is -0.766. The van der Waals surface area contributed by atoms with Gasteiger partial charge in [0.2, 0.25) is 0 Å². The summed E-state index contributed by atoms with van der Waals surface area (Å²) in [6.07, 6.45) is -0.854. The van der Waals surface area contributed by atoms with E-state index in [-0.39, 0.29) is 17.5 Å². The van der Waals surface area contributed by atoms with Gasteiger partial charge in [-0.2, -0.15) is 0 Å². The lowest BCUT2D eigenvalue weighted by Crippen LogP contribution is -2.33. The third-order valence-electron chi connectivity index (χ3n) is 2.31. The molecule has 2 heterocycles. The lowest BCUT2D eigenvalue weighted by molar-refractivity contribution is 0.141. The smallest absolute Gasteiger partial charge is 0.410 e. The highest BCUT2D eigenvalue weighted by atomic mass is 32.2. The minimum Gasteiger partial charge on any atom is -0.443 e. The molecule has 2 aliphatic heterocycles. The van der Waals surface area contributed by atoms with E-state index in [9.17, 15) is 13.2 Å².